The lowest BCUT2D eigenvalue weighted by atomic mass is 9.70. The summed E-state index contributed by atoms with van der Waals surface area (Å²) in [5.41, 5.74) is 0.120. The molecule has 2 fully saturated rings. The van der Waals surface area contributed by atoms with Crippen molar-refractivity contribution >= 4 is 11.8 Å². The third-order valence-electron chi connectivity index (χ3n) is 5.35. The topological polar surface area (TPSA) is 46.6 Å². The number of nitrogens with zero attached hydrogens (tertiary/aromatic N) is 1. The summed E-state index contributed by atoms with van der Waals surface area (Å²) < 4.78 is 5.03. The number of hydrogen-bond donors (Lipinski definition) is 0. The SMILES string of the molecule is C=CC[C@@]1(C(=O)OC)C(=O)C[C@H]2CC[C@H]1N2Cc1ccccc1. The van der Waals surface area contributed by atoms with Crippen molar-refractivity contribution in [1.29, 1.82) is 0 Å². The van der Waals surface area contributed by atoms with Crippen LogP contribution in [0.1, 0.15) is 31.2 Å². The van der Waals surface area contributed by atoms with Crippen molar-refractivity contribution in [2.45, 2.75) is 44.3 Å². The predicted octanol–water partition coefficient (Wildman–Crippen LogP) is 2.73. The molecule has 0 aromatic heterocycles. The molecule has 1 aromatic rings. The minimum atomic E-state index is -1.09. The van der Waals surface area contributed by atoms with E-state index < -0.39 is 11.4 Å². The van der Waals surface area contributed by atoms with Crippen LogP contribution < -0.4 is 0 Å². The molecule has 2 heterocycles. The van der Waals surface area contributed by atoms with Crippen molar-refractivity contribution < 1.29 is 14.3 Å². The van der Waals surface area contributed by atoms with Crippen LogP contribution in [0.2, 0.25) is 0 Å². The lowest BCUT2D eigenvalue weighted by molar-refractivity contribution is -0.166. The molecule has 23 heavy (non-hydrogen) atoms. The minimum Gasteiger partial charge on any atom is -0.468 e. The standard InChI is InChI=1S/C19H23NO3/c1-3-11-19(18(22)23-2)16-10-9-15(12-17(19)21)20(16)13-14-7-5-4-6-8-14/h3-8,15-16H,1,9-13H2,2H3/t15-,16-,19+/m1/s1. The van der Waals surface area contributed by atoms with E-state index in [1.807, 2.05) is 18.2 Å². The van der Waals surface area contributed by atoms with Crippen molar-refractivity contribution in [2.75, 3.05) is 7.11 Å². The number of piperidine rings is 1. The van der Waals surface area contributed by atoms with Gasteiger partial charge >= 0.3 is 5.97 Å². The number of Topliss-reactive ketones (excluding diaryl/α,β-unsaturated/α-hetero) is 1. The normalized spacial score (nSPS) is 30.2. The zero-order valence-electron chi connectivity index (χ0n) is 13.5. The number of hydrogen-bond acceptors (Lipinski definition) is 4. The molecule has 2 saturated heterocycles. The molecule has 3 rings (SSSR count). The summed E-state index contributed by atoms with van der Waals surface area (Å²) in [5, 5.41) is 0. The van der Waals surface area contributed by atoms with Gasteiger partial charge in [-0.25, -0.2) is 0 Å². The Morgan fingerprint density at radius 3 is 2.78 bits per heavy atom. The van der Waals surface area contributed by atoms with E-state index in [9.17, 15) is 9.59 Å². The highest BCUT2D eigenvalue weighted by Gasteiger charge is 2.60. The molecule has 122 valence electrons. The van der Waals surface area contributed by atoms with Crippen molar-refractivity contribution in [1.82, 2.24) is 4.90 Å². The molecule has 4 nitrogen and oxygen atoms in total. The van der Waals surface area contributed by atoms with Gasteiger partial charge in [0.25, 0.3) is 0 Å². The number of esters is 1. The van der Waals surface area contributed by atoms with Gasteiger partial charge in [-0.15, -0.1) is 6.58 Å². The molecule has 0 spiro atoms. The van der Waals surface area contributed by atoms with E-state index in [0.717, 1.165) is 19.4 Å². The number of carbonyl (C=O) groups excluding carboxylic acids is 2. The van der Waals surface area contributed by atoms with Crippen molar-refractivity contribution in [3.8, 4) is 0 Å². The average molecular weight is 313 g/mol. The number of allylic oxidation sites excluding steroid dienone is 1. The Labute approximate surface area is 137 Å². The van der Waals surface area contributed by atoms with Crippen LogP contribution in [-0.4, -0.2) is 35.8 Å². The number of ketones is 1. The summed E-state index contributed by atoms with van der Waals surface area (Å²) >= 11 is 0. The number of fused-ring (bicyclic) bond motifs is 2. The first-order valence-corrected chi connectivity index (χ1v) is 8.15. The molecule has 0 N–H and O–H groups in total. The van der Waals surface area contributed by atoms with Gasteiger partial charge in [-0.05, 0) is 24.8 Å². The first-order chi connectivity index (χ1) is 11.1. The Bertz CT molecular complexity index is 612. The molecular weight excluding hydrogens is 290 g/mol. The molecule has 0 unspecified atom stereocenters. The Hall–Kier alpha value is -1.94. The molecule has 2 aliphatic rings. The molecule has 0 saturated carbocycles. The lowest BCUT2D eigenvalue weighted by Gasteiger charge is -2.45. The van der Waals surface area contributed by atoms with E-state index in [0.29, 0.717) is 12.8 Å². The summed E-state index contributed by atoms with van der Waals surface area (Å²) in [6.07, 6.45) is 4.26. The van der Waals surface area contributed by atoms with Gasteiger partial charge in [0, 0.05) is 25.0 Å². The van der Waals surface area contributed by atoms with E-state index in [4.69, 9.17) is 4.74 Å². The zero-order valence-corrected chi connectivity index (χ0v) is 13.5. The van der Waals surface area contributed by atoms with Crippen molar-refractivity contribution in [3.05, 3.63) is 48.6 Å². The van der Waals surface area contributed by atoms with E-state index >= 15 is 0 Å². The fourth-order valence-corrected chi connectivity index (χ4v) is 4.29. The Morgan fingerprint density at radius 2 is 2.13 bits per heavy atom. The number of methoxy groups -OCH3 is 1. The van der Waals surface area contributed by atoms with Crippen LogP contribution in [0.4, 0.5) is 0 Å². The van der Waals surface area contributed by atoms with Crippen LogP contribution in [0.15, 0.2) is 43.0 Å². The third-order valence-corrected chi connectivity index (χ3v) is 5.35. The molecule has 3 atom stereocenters. The van der Waals surface area contributed by atoms with E-state index in [1.54, 1.807) is 6.08 Å². The van der Waals surface area contributed by atoms with Crippen molar-refractivity contribution in [3.63, 3.8) is 0 Å². The van der Waals surface area contributed by atoms with Gasteiger partial charge in [0.2, 0.25) is 0 Å². The van der Waals surface area contributed by atoms with Gasteiger partial charge in [-0.2, -0.15) is 0 Å². The lowest BCUT2D eigenvalue weighted by Crippen LogP contribution is -2.60. The average Bonchev–Trinajstić information content (AvgIpc) is 2.88. The first-order valence-electron chi connectivity index (χ1n) is 8.15. The number of carbonyl (C=O) groups is 2. The Morgan fingerprint density at radius 1 is 1.39 bits per heavy atom. The molecule has 0 radical (unpaired) electrons. The molecule has 2 aliphatic heterocycles. The van der Waals surface area contributed by atoms with Crippen LogP contribution in [0.3, 0.4) is 0 Å². The summed E-state index contributed by atoms with van der Waals surface area (Å²) in [4.78, 5) is 27.7. The van der Waals surface area contributed by atoms with Gasteiger partial charge in [-0.1, -0.05) is 36.4 Å². The van der Waals surface area contributed by atoms with Crippen molar-refractivity contribution in [2.24, 2.45) is 5.41 Å². The maximum absolute atomic E-state index is 12.8. The Balaban J connectivity index is 1.96. The van der Waals surface area contributed by atoms with Crippen LogP contribution in [0, 0.1) is 5.41 Å². The third kappa shape index (κ3) is 2.51. The number of ether oxygens (including phenoxy) is 1. The van der Waals surface area contributed by atoms with Crippen LogP contribution >= 0.6 is 0 Å². The molecular formula is C19H23NO3. The summed E-state index contributed by atoms with van der Waals surface area (Å²) in [6.45, 7) is 4.53. The first kappa shape index (κ1) is 15.9. The van der Waals surface area contributed by atoms with Gasteiger partial charge in [0.1, 0.15) is 5.41 Å². The van der Waals surface area contributed by atoms with Gasteiger partial charge in [-0.3, -0.25) is 14.5 Å². The van der Waals surface area contributed by atoms with Crippen LogP contribution in [0.25, 0.3) is 0 Å². The maximum atomic E-state index is 12.8. The van der Waals surface area contributed by atoms with Gasteiger partial charge < -0.3 is 4.74 Å². The maximum Gasteiger partial charge on any atom is 0.321 e. The quantitative estimate of drug-likeness (QED) is 0.476. The summed E-state index contributed by atoms with van der Waals surface area (Å²) in [6, 6.07) is 10.3. The van der Waals surface area contributed by atoms with Gasteiger partial charge in [0.15, 0.2) is 5.78 Å². The van der Waals surface area contributed by atoms with Crippen LogP contribution in [-0.2, 0) is 20.9 Å². The highest BCUT2D eigenvalue weighted by atomic mass is 16.5. The van der Waals surface area contributed by atoms with Crippen LogP contribution in [0.5, 0.6) is 0 Å². The smallest absolute Gasteiger partial charge is 0.321 e. The second-order valence-electron chi connectivity index (χ2n) is 6.49. The summed E-state index contributed by atoms with van der Waals surface area (Å²) in [7, 11) is 1.36. The highest BCUT2D eigenvalue weighted by Crippen LogP contribution is 2.48. The predicted molar refractivity (Wildman–Crippen MR) is 87.7 cm³/mol. The molecule has 0 aliphatic carbocycles. The largest absolute Gasteiger partial charge is 0.468 e. The van der Waals surface area contributed by atoms with Gasteiger partial charge in [0.05, 0.1) is 7.11 Å². The van der Waals surface area contributed by atoms with E-state index in [2.05, 4.69) is 23.6 Å². The number of benzene rings is 1. The fourth-order valence-electron chi connectivity index (χ4n) is 4.29. The second-order valence-corrected chi connectivity index (χ2v) is 6.49. The second kappa shape index (κ2) is 6.28. The monoisotopic (exact) mass is 313 g/mol. The number of rotatable bonds is 5. The summed E-state index contributed by atoms with van der Waals surface area (Å²) in [5.74, 6) is -0.396. The molecule has 1 aromatic carbocycles. The fraction of sp³-hybridized carbons (Fsp3) is 0.474. The van der Waals surface area contributed by atoms with E-state index in [-0.39, 0.29) is 17.9 Å². The highest BCUT2D eigenvalue weighted by molar-refractivity contribution is 6.06. The Kier molecular flexibility index (Phi) is 4.35. The molecule has 0 amide bonds. The molecule has 4 heteroatoms. The molecule has 2 bridgehead atoms. The minimum absolute atomic E-state index is 0.0149. The van der Waals surface area contributed by atoms with E-state index in [1.165, 1.54) is 12.7 Å². The zero-order chi connectivity index (χ0) is 16.4.